The van der Waals surface area contributed by atoms with E-state index < -0.39 is 11.6 Å². The van der Waals surface area contributed by atoms with Crippen LogP contribution in [0.4, 0.5) is 14.5 Å². The lowest BCUT2D eigenvalue weighted by atomic mass is 9.96. The van der Waals surface area contributed by atoms with Crippen LogP contribution in [-0.2, 0) is 0 Å². The molecule has 1 aliphatic carbocycles. The summed E-state index contributed by atoms with van der Waals surface area (Å²) in [5.74, 6) is -1.73. The summed E-state index contributed by atoms with van der Waals surface area (Å²) in [5, 5.41) is 6.54. The molecule has 2 N–H and O–H groups in total. The zero-order chi connectivity index (χ0) is 13.0. The minimum absolute atomic E-state index is 0.393. The van der Waals surface area contributed by atoms with Gasteiger partial charge in [0.2, 0.25) is 0 Å². The van der Waals surface area contributed by atoms with Gasteiger partial charge in [0.25, 0.3) is 0 Å². The van der Waals surface area contributed by atoms with Crippen molar-refractivity contribution in [2.45, 2.75) is 38.1 Å². The van der Waals surface area contributed by atoms with Gasteiger partial charge in [0.05, 0.1) is 0 Å². The maximum absolute atomic E-state index is 13.0. The summed E-state index contributed by atoms with van der Waals surface area (Å²) in [6, 6.07) is 4.04. The highest BCUT2D eigenvalue weighted by Crippen LogP contribution is 2.18. The van der Waals surface area contributed by atoms with Gasteiger partial charge in [-0.2, -0.15) is 0 Å². The molecule has 5 heteroatoms. The molecule has 98 valence electrons. The molecule has 18 heavy (non-hydrogen) atoms. The second-order valence-corrected chi connectivity index (χ2v) is 4.97. The molecule has 1 fully saturated rings. The van der Waals surface area contributed by atoms with Gasteiger partial charge in [-0.05, 0) is 37.2 Å². The Hall–Kier alpha value is -1.23. The summed E-state index contributed by atoms with van der Waals surface area (Å²) in [6.07, 6.45) is 5.93. The third-order valence-electron chi connectivity index (χ3n) is 3.12. The second kappa shape index (κ2) is 6.09. The Balaban J connectivity index is 1.88. The van der Waals surface area contributed by atoms with Gasteiger partial charge in [0.15, 0.2) is 16.7 Å². The average Bonchev–Trinajstić information content (AvgIpc) is 2.35. The van der Waals surface area contributed by atoms with Gasteiger partial charge in [-0.3, -0.25) is 0 Å². The van der Waals surface area contributed by atoms with Crippen molar-refractivity contribution < 1.29 is 8.78 Å². The smallest absolute Gasteiger partial charge is 0.170 e. The first kappa shape index (κ1) is 13.2. The van der Waals surface area contributed by atoms with E-state index in [4.69, 9.17) is 12.2 Å². The Morgan fingerprint density at radius 3 is 2.50 bits per heavy atom. The highest BCUT2D eigenvalue weighted by Gasteiger charge is 2.14. The monoisotopic (exact) mass is 270 g/mol. The Bertz CT molecular complexity index is 431. The van der Waals surface area contributed by atoms with Gasteiger partial charge >= 0.3 is 0 Å². The van der Waals surface area contributed by atoms with Crippen LogP contribution in [0.5, 0.6) is 0 Å². The summed E-state index contributed by atoms with van der Waals surface area (Å²) in [4.78, 5) is 0. The molecular weight excluding hydrogens is 254 g/mol. The number of anilines is 1. The molecular formula is C13H16F2N2S. The van der Waals surface area contributed by atoms with Gasteiger partial charge in [0, 0.05) is 17.8 Å². The van der Waals surface area contributed by atoms with Gasteiger partial charge in [-0.15, -0.1) is 0 Å². The first-order valence-electron chi connectivity index (χ1n) is 6.18. The fourth-order valence-corrected chi connectivity index (χ4v) is 2.46. The number of rotatable bonds is 2. The number of benzene rings is 1. The predicted octanol–water partition coefficient (Wildman–Crippen LogP) is 3.58. The summed E-state index contributed by atoms with van der Waals surface area (Å²) in [5.41, 5.74) is 0.460. The lowest BCUT2D eigenvalue weighted by molar-refractivity contribution is 0.415. The molecule has 1 saturated carbocycles. The van der Waals surface area contributed by atoms with Crippen molar-refractivity contribution in [3.05, 3.63) is 29.8 Å². The normalized spacial score (nSPS) is 16.3. The van der Waals surface area contributed by atoms with Crippen molar-refractivity contribution in [3.63, 3.8) is 0 Å². The van der Waals surface area contributed by atoms with E-state index >= 15 is 0 Å². The standard InChI is InChI=1S/C13H16F2N2S/c14-11-7-6-10(8-12(11)15)17-13(18)16-9-4-2-1-3-5-9/h6-9H,1-5H2,(H2,16,17,18). The molecule has 0 bridgehead atoms. The minimum Gasteiger partial charge on any atom is -0.360 e. The predicted molar refractivity (Wildman–Crippen MR) is 72.6 cm³/mol. The molecule has 0 heterocycles. The van der Waals surface area contributed by atoms with Gasteiger partial charge in [-0.1, -0.05) is 19.3 Å². The number of hydrogen-bond donors (Lipinski definition) is 2. The summed E-state index contributed by atoms with van der Waals surface area (Å²) in [7, 11) is 0. The first-order chi connectivity index (χ1) is 8.65. The second-order valence-electron chi connectivity index (χ2n) is 4.56. The van der Waals surface area contributed by atoms with Crippen LogP contribution in [-0.4, -0.2) is 11.2 Å². The van der Waals surface area contributed by atoms with E-state index in [0.717, 1.165) is 25.0 Å². The SMILES string of the molecule is Fc1ccc(NC(=S)NC2CCCCC2)cc1F. The highest BCUT2D eigenvalue weighted by atomic mass is 32.1. The van der Waals surface area contributed by atoms with E-state index in [1.807, 2.05) is 0 Å². The Morgan fingerprint density at radius 1 is 1.11 bits per heavy atom. The first-order valence-corrected chi connectivity index (χ1v) is 6.58. The van der Waals surface area contributed by atoms with Crippen LogP contribution in [0, 0.1) is 11.6 Å². The largest absolute Gasteiger partial charge is 0.360 e. The molecule has 0 aliphatic heterocycles. The van der Waals surface area contributed by atoms with Crippen molar-refractivity contribution >= 4 is 23.0 Å². The van der Waals surface area contributed by atoms with E-state index in [0.29, 0.717) is 16.8 Å². The van der Waals surface area contributed by atoms with Crippen LogP contribution in [0.3, 0.4) is 0 Å². The summed E-state index contributed by atoms with van der Waals surface area (Å²) < 4.78 is 25.8. The Morgan fingerprint density at radius 2 is 1.83 bits per heavy atom. The third kappa shape index (κ3) is 3.63. The van der Waals surface area contributed by atoms with Crippen molar-refractivity contribution in [2.24, 2.45) is 0 Å². The minimum atomic E-state index is -0.875. The van der Waals surface area contributed by atoms with Crippen LogP contribution in [0.2, 0.25) is 0 Å². The molecule has 0 spiro atoms. The maximum Gasteiger partial charge on any atom is 0.170 e. The van der Waals surface area contributed by atoms with Crippen LogP contribution >= 0.6 is 12.2 Å². The van der Waals surface area contributed by atoms with Crippen LogP contribution in [0.15, 0.2) is 18.2 Å². The van der Waals surface area contributed by atoms with Crippen molar-refractivity contribution in [1.29, 1.82) is 0 Å². The third-order valence-corrected chi connectivity index (χ3v) is 3.34. The fraction of sp³-hybridized carbons (Fsp3) is 0.462. The molecule has 0 saturated heterocycles. The summed E-state index contributed by atoms with van der Waals surface area (Å²) >= 11 is 5.15. The van der Waals surface area contributed by atoms with E-state index in [9.17, 15) is 8.78 Å². The fourth-order valence-electron chi connectivity index (χ4n) is 2.17. The van der Waals surface area contributed by atoms with Crippen LogP contribution < -0.4 is 10.6 Å². The van der Waals surface area contributed by atoms with Crippen molar-refractivity contribution in [2.75, 3.05) is 5.32 Å². The molecule has 2 rings (SSSR count). The van der Waals surface area contributed by atoms with Crippen molar-refractivity contribution in [3.8, 4) is 0 Å². The van der Waals surface area contributed by atoms with E-state index in [-0.39, 0.29) is 0 Å². The summed E-state index contributed by atoms with van der Waals surface area (Å²) in [6.45, 7) is 0. The maximum atomic E-state index is 13.0. The molecule has 1 aliphatic rings. The molecule has 0 aromatic heterocycles. The number of nitrogens with one attached hydrogen (secondary N) is 2. The zero-order valence-corrected chi connectivity index (χ0v) is 10.8. The van der Waals surface area contributed by atoms with Crippen LogP contribution in [0.1, 0.15) is 32.1 Å². The molecule has 0 atom stereocenters. The van der Waals surface area contributed by atoms with Gasteiger partial charge in [-0.25, -0.2) is 8.78 Å². The molecule has 0 unspecified atom stereocenters. The topological polar surface area (TPSA) is 24.1 Å². The van der Waals surface area contributed by atoms with Gasteiger partial charge in [0.1, 0.15) is 0 Å². The van der Waals surface area contributed by atoms with Crippen LogP contribution in [0.25, 0.3) is 0 Å². The molecule has 0 amide bonds. The lowest BCUT2D eigenvalue weighted by Crippen LogP contribution is -2.38. The quantitative estimate of drug-likeness (QED) is 0.803. The lowest BCUT2D eigenvalue weighted by Gasteiger charge is -2.24. The zero-order valence-electron chi connectivity index (χ0n) is 10.0. The Kier molecular flexibility index (Phi) is 4.47. The van der Waals surface area contributed by atoms with Gasteiger partial charge < -0.3 is 10.6 Å². The molecule has 0 radical (unpaired) electrons. The van der Waals surface area contributed by atoms with Crippen molar-refractivity contribution in [1.82, 2.24) is 5.32 Å². The molecule has 1 aromatic rings. The van der Waals surface area contributed by atoms with E-state index in [1.165, 1.54) is 25.3 Å². The number of hydrogen-bond acceptors (Lipinski definition) is 1. The molecule has 1 aromatic carbocycles. The van der Waals surface area contributed by atoms with E-state index in [1.54, 1.807) is 0 Å². The molecule has 2 nitrogen and oxygen atoms in total. The van der Waals surface area contributed by atoms with E-state index in [2.05, 4.69) is 10.6 Å². The highest BCUT2D eigenvalue weighted by molar-refractivity contribution is 7.80. The number of halogens is 2. The Labute approximate surface area is 111 Å². The number of thiocarbonyl (C=S) groups is 1. The average molecular weight is 270 g/mol.